The molecule has 6 nitrogen and oxygen atoms in total. The van der Waals surface area contributed by atoms with E-state index >= 15 is 0 Å². The Morgan fingerprint density at radius 1 is 0.935 bits per heavy atom. The molecule has 0 bridgehead atoms. The number of hydrogen-bond acceptors (Lipinski definition) is 5. The summed E-state index contributed by atoms with van der Waals surface area (Å²) in [5.74, 6) is -0.122. The minimum atomic E-state index is -0.278. The molecular weight excluding hydrogens is 394 g/mol. The molecule has 0 aromatic heterocycles. The highest BCUT2D eigenvalue weighted by molar-refractivity contribution is 5.94. The van der Waals surface area contributed by atoms with E-state index in [1.165, 1.54) is 0 Å². The van der Waals surface area contributed by atoms with Gasteiger partial charge < -0.3 is 24.3 Å². The highest BCUT2D eigenvalue weighted by Crippen LogP contribution is 2.23. The van der Waals surface area contributed by atoms with Crippen molar-refractivity contribution in [3.63, 3.8) is 0 Å². The van der Waals surface area contributed by atoms with Gasteiger partial charge in [-0.05, 0) is 31.4 Å². The summed E-state index contributed by atoms with van der Waals surface area (Å²) in [4.78, 5) is 12.8. The van der Waals surface area contributed by atoms with E-state index in [1.54, 1.807) is 0 Å². The first-order valence-electron chi connectivity index (χ1n) is 12.0. The van der Waals surface area contributed by atoms with Crippen molar-refractivity contribution in [3.05, 3.63) is 35.9 Å². The van der Waals surface area contributed by atoms with Crippen molar-refractivity contribution in [2.45, 2.75) is 83.6 Å². The molecule has 1 N–H and O–H groups in total. The molecule has 0 aliphatic carbocycles. The van der Waals surface area contributed by atoms with Crippen LogP contribution in [0.3, 0.4) is 0 Å². The molecule has 1 aromatic carbocycles. The monoisotopic (exact) mass is 435 g/mol. The second-order valence-corrected chi connectivity index (χ2v) is 8.12. The highest BCUT2D eigenvalue weighted by atomic mass is 16.6. The van der Waals surface area contributed by atoms with Crippen molar-refractivity contribution >= 4 is 5.91 Å². The maximum absolute atomic E-state index is 12.8. The zero-order valence-electron chi connectivity index (χ0n) is 19.5. The molecule has 6 heteroatoms. The van der Waals surface area contributed by atoms with E-state index in [1.807, 2.05) is 30.3 Å². The van der Waals surface area contributed by atoms with Gasteiger partial charge in [-0.1, -0.05) is 58.2 Å². The van der Waals surface area contributed by atoms with E-state index < -0.39 is 0 Å². The van der Waals surface area contributed by atoms with Gasteiger partial charge in [-0.2, -0.15) is 0 Å². The third-order valence-corrected chi connectivity index (χ3v) is 5.47. The first kappa shape index (κ1) is 25.8. The number of hydrogen-bond donors (Lipinski definition) is 1. The quantitative estimate of drug-likeness (QED) is 0.414. The van der Waals surface area contributed by atoms with Gasteiger partial charge in [-0.25, -0.2) is 0 Å². The summed E-state index contributed by atoms with van der Waals surface area (Å²) < 4.78 is 24.6. The third-order valence-electron chi connectivity index (χ3n) is 5.47. The number of nitrogens with one attached hydrogen (secondary N) is 1. The maximum atomic E-state index is 12.8. The van der Waals surface area contributed by atoms with Crippen LogP contribution in [0.5, 0.6) is 0 Å². The Morgan fingerprint density at radius 3 is 2.19 bits per heavy atom. The predicted octanol–water partition coefficient (Wildman–Crippen LogP) is 4.37. The topological polar surface area (TPSA) is 66.0 Å². The summed E-state index contributed by atoms with van der Waals surface area (Å²) in [6, 6.07) is 8.97. The van der Waals surface area contributed by atoms with Crippen LogP contribution in [0.4, 0.5) is 0 Å². The molecule has 4 atom stereocenters. The second kappa shape index (κ2) is 15.4. The van der Waals surface area contributed by atoms with Crippen LogP contribution in [-0.4, -0.2) is 63.3 Å². The van der Waals surface area contributed by atoms with Crippen LogP contribution in [-0.2, 0) is 18.9 Å². The fourth-order valence-corrected chi connectivity index (χ4v) is 3.55. The zero-order valence-corrected chi connectivity index (χ0v) is 19.5. The molecule has 0 saturated carbocycles. The number of ether oxygens (including phenoxy) is 4. The van der Waals surface area contributed by atoms with E-state index in [-0.39, 0.29) is 30.3 Å². The smallest absolute Gasteiger partial charge is 0.251 e. The normalized spacial score (nSPS) is 23.6. The van der Waals surface area contributed by atoms with Crippen molar-refractivity contribution in [2.24, 2.45) is 0 Å². The first-order valence-corrected chi connectivity index (χ1v) is 12.0. The van der Waals surface area contributed by atoms with Crippen LogP contribution < -0.4 is 5.32 Å². The Kier molecular flexibility index (Phi) is 12.8. The minimum Gasteiger partial charge on any atom is -0.379 e. The summed E-state index contributed by atoms with van der Waals surface area (Å²) in [5, 5.41) is 3.12. The van der Waals surface area contributed by atoms with Crippen molar-refractivity contribution in [2.75, 3.05) is 33.0 Å². The van der Waals surface area contributed by atoms with Gasteiger partial charge in [-0.15, -0.1) is 0 Å². The molecule has 1 aromatic rings. The lowest BCUT2D eigenvalue weighted by Crippen LogP contribution is -2.62. The molecule has 1 heterocycles. The molecule has 1 amide bonds. The lowest BCUT2D eigenvalue weighted by molar-refractivity contribution is -0.200. The summed E-state index contributed by atoms with van der Waals surface area (Å²) in [6.07, 6.45) is 5.42. The molecule has 1 saturated heterocycles. The SMILES string of the molecule is CCCCOC[C@H]1OC[C@@H](NC(=O)c2ccccc2)[C@@H](OCCCC)[C@H]1OCCCC. The summed E-state index contributed by atoms with van der Waals surface area (Å²) in [5.41, 5.74) is 0.628. The number of amides is 1. The Labute approximate surface area is 188 Å². The number of carbonyl (C=O) groups excluding carboxylic acids is 1. The first-order chi connectivity index (χ1) is 15.2. The van der Waals surface area contributed by atoms with Crippen molar-refractivity contribution in [1.29, 1.82) is 0 Å². The number of unbranched alkanes of at least 4 members (excludes halogenated alkanes) is 3. The predicted molar refractivity (Wildman–Crippen MR) is 122 cm³/mol. The van der Waals surface area contributed by atoms with E-state index in [0.29, 0.717) is 38.6 Å². The molecule has 1 aliphatic heterocycles. The molecule has 0 radical (unpaired) electrons. The van der Waals surface area contributed by atoms with E-state index in [9.17, 15) is 4.79 Å². The van der Waals surface area contributed by atoms with Gasteiger partial charge in [0.25, 0.3) is 5.91 Å². The van der Waals surface area contributed by atoms with E-state index in [0.717, 1.165) is 38.5 Å². The van der Waals surface area contributed by atoms with Gasteiger partial charge in [0.2, 0.25) is 0 Å². The fraction of sp³-hybridized carbons (Fsp3) is 0.720. The number of carbonyl (C=O) groups is 1. The van der Waals surface area contributed by atoms with Gasteiger partial charge in [0.15, 0.2) is 0 Å². The second-order valence-electron chi connectivity index (χ2n) is 8.12. The van der Waals surface area contributed by atoms with E-state index in [2.05, 4.69) is 26.1 Å². The van der Waals surface area contributed by atoms with Crippen LogP contribution in [0.2, 0.25) is 0 Å². The van der Waals surface area contributed by atoms with Crippen molar-refractivity contribution < 1.29 is 23.7 Å². The third kappa shape index (κ3) is 8.89. The van der Waals surface area contributed by atoms with Crippen LogP contribution in [0, 0.1) is 0 Å². The van der Waals surface area contributed by atoms with Gasteiger partial charge in [0.05, 0.1) is 19.3 Å². The van der Waals surface area contributed by atoms with Crippen LogP contribution >= 0.6 is 0 Å². The average molecular weight is 436 g/mol. The fourth-order valence-electron chi connectivity index (χ4n) is 3.55. The standard InChI is InChI=1S/C25H41NO5/c1-4-7-15-28-19-22-24(30-17-9-6-3)23(29-16-8-5-2)21(18-31-22)26-25(27)20-13-11-10-12-14-20/h10-14,21-24H,4-9,15-19H2,1-3H3,(H,26,27)/t21-,22-,23-,24+/m1/s1. The van der Waals surface area contributed by atoms with Crippen LogP contribution in [0.15, 0.2) is 30.3 Å². The summed E-state index contributed by atoms with van der Waals surface area (Å²) >= 11 is 0. The Morgan fingerprint density at radius 2 is 1.55 bits per heavy atom. The van der Waals surface area contributed by atoms with Crippen molar-refractivity contribution in [1.82, 2.24) is 5.32 Å². The van der Waals surface area contributed by atoms with Crippen molar-refractivity contribution in [3.8, 4) is 0 Å². The number of rotatable bonds is 15. The largest absolute Gasteiger partial charge is 0.379 e. The summed E-state index contributed by atoms with van der Waals surface area (Å²) in [7, 11) is 0. The van der Waals surface area contributed by atoms with Crippen LogP contribution in [0.1, 0.15) is 69.7 Å². The molecule has 31 heavy (non-hydrogen) atoms. The van der Waals surface area contributed by atoms with Gasteiger partial charge in [-0.3, -0.25) is 4.79 Å². The minimum absolute atomic E-state index is 0.122. The summed E-state index contributed by atoms with van der Waals surface area (Å²) in [6.45, 7) is 9.28. The van der Waals surface area contributed by atoms with E-state index in [4.69, 9.17) is 18.9 Å². The number of benzene rings is 1. The van der Waals surface area contributed by atoms with Gasteiger partial charge in [0, 0.05) is 25.4 Å². The van der Waals surface area contributed by atoms with Crippen LogP contribution in [0.25, 0.3) is 0 Å². The Bertz CT molecular complexity index is 597. The van der Waals surface area contributed by atoms with Gasteiger partial charge in [0.1, 0.15) is 18.3 Å². The average Bonchev–Trinajstić information content (AvgIpc) is 2.80. The Hall–Kier alpha value is -1.47. The molecular formula is C25H41NO5. The molecule has 1 aliphatic rings. The molecule has 0 unspecified atom stereocenters. The molecule has 2 rings (SSSR count). The lowest BCUT2D eigenvalue weighted by atomic mass is 9.97. The van der Waals surface area contributed by atoms with Gasteiger partial charge >= 0.3 is 0 Å². The zero-order chi connectivity index (χ0) is 22.3. The molecule has 176 valence electrons. The lowest BCUT2D eigenvalue weighted by Gasteiger charge is -2.42. The highest BCUT2D eigenvalue weighted by Gasteiger charge is 2.43. The molecule has 0 spiro atoms. The Balaban J connectivity index is 2.10. The molecule has 1 fully saturated rings. The maximum Gasteiger partial charge on any atom is 0.251 e.